The Morgan fingerprint density at radius 1 is 1.06 bits per heavy atom. The molecule has 34 heavy (non-hydrogen) atoms. The van der Waals surface area contributed by atoms with Crippen molar-refractivity contribution in [1.82, 2.24) is 20.2 Å². The molecule has 0 spiro atoms. The van der Waals surface area contributed by atoms with E-state index in [2.05, 4.69) is 20.2 Å². The van der Waals surface area contributed by atoms with Gasteiger partial charge in [-0.1, -0.05) is 54.1 Å². The number of rotatable bonds is 8. The maximum Gasteiger partial charge on any atom is 0.261 e. The van der Waals surface area contributed by atoms with Crippen LogP contribution in [0.25, 0.3) is 0 Å². The number of aryl methyl sites for hydroxylation is 1. The number of hydrogen-bond acceptors (Lipinski definition) is 5. The van der Waals surface area contributed by atoms with E-state index in [-0.39, 0.29) is 5.56 Å². The van der Waals surface area contributed by atoms with Gasteiger partial charge in [-0.2, -0.15) is 0 Å². The van der Waals surface area contributed by atoms with E-state index in [1.165, 1.54) is 0 Å². The Hall–Kier alpha value is -3.26. The molecule has 6 nitrogen and oxygen atoms in total. The summed E-state index contributed by atoms with van der Waals surface area (Å²) in [5.74, 6) is -0.442. The Bertz CT molecular complexity index is 1320. The molecule has 0 fully saturated rings. The van der Waals surface area contributed by atoms with E-state index in [0.29, 0.717) is 18.1 Å². The molecule has 0 unspecified atom stereocenters. The van der Waals surface area contributed by atoms with Gasteiger partial charge in [-0.25, -0.2) is 4.98 Å². The molecule has 0 aliphatic heterocycles. The van der Waals surface area contributed by atoms with Crippen LogP contribution in [-0.4, -0.2) is 27.8 Å². The fraction of sp³-hybridized carbons (Fsp3) is 0.192. The minimum atomic E-state index is -0.442. The molecule has 1 atom stereocenters. The number of aromatic amines is 1. The van der Waals surface area contributed by atoms with Crippen LogP contribution in [0, 0.1) is 6.92 Å². The first-order valence-corrected chi connectivity index (χ1v) is 12.1. The molecule has 2 aromatic heterocycles. The summed E-state index contributed by atoms with van der Waals surface area (Å²) in [6, 6.07) is 19.9. The summed E-state index contributed by atoms with van der Waals surface area (Å²) >= 11 is 7.66. The van der Waals surface area contributed by atoms with Gasteiger partial charge in [0.15, 0.2) is 0 Å². The summed E-state index contributed by atoms with van der Waals surface area (Å²) in [6.45, 7) is 3.18. The fourth-order valence-electron chi connectivity index (χ4n) is 3.76. The van der Waals surface area contributed by atoms with Gasteiger partial charge in [0.1, 0.15) is 5.56 Å². The van der Waals surface area contributed by atoms with Crippen molar-refractivity contribution in [3.63, 3.8) is 0 Å². The second kappa shape index (κ2) is 10.8. The second-order valence-electron chi connectivity index (χ2n) is 8.13. The average molecular weight is 493 g/mol. The van der Waals surface area contributed by atoms with Crippen LogP contribution in [-0.2, 0) is 13.1 Å². The third-order valence-corrected chi connectivity index (χ3v) is 6.44. The number of nitrogens with zero attached hydrogens (tertiary/aromatic N) is 2. The van der Waals surface area contributed by atoms with Crippen molar-refractivity contribution in [1.29, 1.82) is 0 Å². The normalized spacial score (nSPS) is 12.0. The van der Waals surface area contributed by atoms with Crippen molar-refractivity contribution < 1.29 is 4.79 Å². The van der Waals surface area contributed by atoms with Crippen LogP contribution in [0.15, 0.2) is 76.9 Å². The smallest absolute Gasteiger partial charge is 0.261 e. The Morgan fingerprint density at radius 2 is 1.76 bits per heavy atom. The maximum atomic E-state index is 13.1. The van der Waals surface area contributed by atoms with E-state index in [1.54, 1.807) is 35.6 Å². The molecule has 1 amide bonds. The molecule has 0 saturated heterocycles. The van der Waals surface area contributed by atoms with Gasteiger partial charge in [0.2, 0.25) is 0 Å². The molecule has 2 heterocycles. The highest BCUT2D eigenvalue weighted by molar-refractivity contribution is 7.09. The Morgan fingerprint density at radius 3 is 2.41 bits per heavy atom. The number of pyridine rings is 1. The van der Waals surface area contributed by atoms with Crippen molar-refractivity contribution in [2.75, 3.05) is 7.05 Å². The van der Waals surface area contributed by atoms with Gasteiger partial charge < -0.3 is 10.3 Å². The number of hydrogen-bond donors (Lipinski definition) is 2. The SMILES string of the molecule is Cc1nc(CN(C)Cc2ccc(C(=O)N[C@@H](c3ccccc3)c3ccc(Cl)cc3)c(=O)[nH]2)cs1. The number of H-pyrrole nitrogens is 1. The minimum Gasteiger partial charge on any atom is -0.341 e. The monoisotopic (exact) mass is 492 g/mol. The standard InChI is InChI=1S/C26H25ClN4O2S/c1-17-28-22(16-34-17)15-31(2)14-21-12-13-23(25(32)29-21)26(33)30-24(18-6-4-3-5-7-18)19-8-10-20(27)11-9-19/h3-13,16,24H,14-15H2,1-2H3,(H,29,32)(H,30,33)/t24-/m0/s1. The Kier molecular flexibility index (Phi) is 7.57. The molecule has 8 heteroatoms. The number of nitrogens with one attached hydrogen (secondary N) is 2. The molecule has 0 bridgehead atoms. The average Bonchev–Trinajstić information content (AvgIpc) is 3.23. The van der Waals surface area contributed by atoms with E-state index >= 15 is 0 Å². The lowest BCUT2D eigenvalue weighted by Crippen LogP contribution is -2.33. The molecule has 2 N–H and O–H groups in total. The van der Waals surface area contributed by atoms with Crippen molar-refractivity contribution in [3.8, 4) is 0 Å². The van der Waals surface area contributed by atoms with Crippen LogP contribution in [0.5, 0.6) is 0 Å². The molecule has 0 aliphatic rings. The van der Waals surface area contributed by atoms with E-state index in [9.17, 15) is 9.59 Å². The molecular formula is C26H25ClN4O2S. The first kappa shape index (κ1) is 23.9. The first-order chi connectivity index (χ1) is 16.4. The molecule has 0 aliphatic carbocycles. The number of carbonyl (C=O) groups is 1. The Balaban J connectivity index is 1.50. The lowest BCUT2D eigenvalue weighted by molar-refractivity contribution is 0.0941. The number of aromatic nitrogens is 2. The number of halogens is 1. The zero-order chi connectivity index (χ0) is 24.1. The molecule has 0 saturated carbocycles. The molecule has 0 radical (unpaired) electrons. The van der Waals surface area contributed by atoms with E-state index < -0.39 is 17.5 Å². The van der Waals surface area contributed by atoms with Crippen LogP contribution in [0.2, 0.25) is 5.02 Å². The zero-order valence-corrected chi connectivity index (χ0v) is 20.5. The largest absolute Gasteiger partial charge is 0.341 e. The number of carbonyl (C=O) groups excluding carboxylic acids is 1. The van der Waals surface area contributed by atoms with Crippen LogP contribution in [0.4, 0.5) is 0 Å². The third-order valence-electron chi connectivity index (χ3n) is 5.36. The minimum absolute atomic E-state index is 0.0661. The lowest BCUT2D eigenvalue weighted by atomic mass is 9.98. The second-order valence-corrected chi connectivity index (χ2v) is 9.62. The van der Waals surface area contributed by atoms with Gasteiger partial charge in [0, 0.05) is 29.2 Å². The van der Waals surface area contributed by atoms with Gasteiger partial charge >= 0.3 is 0 Å². The highest BCUT2D eigenvalue weighted by Crippen LogP contribution is 2.24. The summed E-state index contributed by atoms with van der Waals surface area (Å²) in [6.07, 6.45) is 0. The fourth-order valence-corrected chi connectivity index (χ4v) is 4.49. The summed E-state index contributed by atoms with van der Waals surface area (Å²) in [7, 11) is 1.96. The van der Waals surface area contributed by atoms with Crippen LogP contribution < -0.4 is 10.9 Å². The molecule has 4 rings (SSSR count). The van der Waals surface area contributed by atoms with Crippen molar-refractivity contribution >= 4 is 28.8 Å². The van der Waals surface area contributed by atoms with E-state index in [4.69, 9.17) is 11.6 Å². The van der Waals surface area contributed by atoms with Gasteiger partial charge in [-0.05, 0) is 49.4 Å². The highest BCUT2D eigenvalue weighted by Gasteiger charge is 2.20. The molecule has 174 valence electrons. The highest BCUT2D eigenvalue weighted by atomic mass is 35.5. The lowest BCUT2D eigenvalue weighted by Gasteiger charge is -2.20. The Labute approximate surface area is 207 Å². The van der Waals surface area contributed by atoms with E-state index in [0.717, 1.165) is 27.5 Å². The number of thiazole rings is 1. The van der Waals surface area contributed by atoms with Gasteiger partial charge in [-0.15, -0.1) is 11.3 Å². The quantitative estimate of drug-likeness (QED) is 0.365. The first-order valence-electron chi connectivity index (χ1n) is 10.8. The maximum absolute atomic E-state index is 13.1. The van der Waals surface area contributed by atoms with Crippen LogP contribution >= 0.6 is 22.9 Å². The number of amides is 1. The van der Waals surface area contributed by atoms with Gasteiger partial charge in [-0.3, -0.25) is 14.5 Å². The molecule has 2 aromatic carbocycles. The summed E-state index contributed by atoms with van der Waals surface area (Å²) in [5.41, 5.74) is 3.15. The van der Waals surface area contributed by atoms with Crippen LogP contribution in [0.3, 0.4) is 0 Å². The van der Waals surface area contributed by atoms with Crippen molar-refractivity contribution in [2.45, 2.75) is 26.1 Å². The predicted molar refractivity (Wildman–Crippen MR) is 136 cm³/mol. The third kappa shape index (κ3) is 5.99. The topological polar surface area (TPSA) is 78.1 Å². The predicted octanol–water partition coefficient (Wildman–Crippen LogP) is 4.94. The molecular weight excluding hydrogens is 468 g/mol. The molecule has 4 aromatic rings. The number of benzene rings is 2. The van der Waals surface area contributed by atoms with Gasteiger partial charge in [0.05, 0.1) is 16.7 Å². The van der Waals surface area contributed by atoms with Gasteiger partial charge in [0.25, 0.3) is 11.5 Å². The van der Waals surface area contributed by atoms with Crippen molar-refractivity contribution in [2.24, 2.45) is 0 Å². The summed E-state index contributed by atoms with van der Waals surface area (Å²) < 4.78 is 0. The summed E-state index contributed by atoms with van der Waals surface area (Å²) in [4.78, 5) is 35.2. The van der Waals surface area contributed by atoms with Crippen LogP contribution in [0.1, 0.15) is 43.9 Å². The summed E-state index contributed by atoms with van der Waals surface area (Å²) in [5, 5.41) is 6.68. The zero-order valence-electron chi connectivity index (χ0n) is 18.9. The van der Waals surface area contributed by atoms with E-state index in [1.807, 2.05) is 61.8 Å². The van der Waals surface area contributed by atoms with Crippen molar-refractivity contribution in [3.05, 3.63) is 121 Å².